The van der Waals surface area contributed by atoms with Crippen LogP contribution in [0.25, 0.3) is 0 Å². The average Bonchev–Trinajstić information content (AvgIpc) is 3.19. The molecule has 3 aliphatic rings. The van der Waals surface area contributed by atoms with Gasteiger partial charge >= 0.3 is 7.12 Å². The molecule has 2 bridgehead atoms. The Morgan fingerprint density at radius 1 is 1.00 bits per heavy atom. The van der Waals surface area contributed by atoms with Crippen LogP contribution >= 0.6 is 0 Å². The van der Waals surface area contributed by atoms with E-state index in [0.717, 1.165) is 37.5 Å². The Hall–Kier alpha value is -0.275. The summed E-state index contributed by atoms with van der Waals surface area (Å²) in [6, 6.07) is 0. The lowest BCUT2D eigenvalue weighted by Gasteiger charge is -2.42. The van der Waals surface area contributed by atoms with Gasteiger partial charge in [0.1, 0.15) is 0 Å². The lowest BCUT2D eigenvalue weighted by Crippen LogP contribution is -2.50. The van der Waals surface area contributed by atoms with E-state index in [4.69, 9.17) is 9.31 Å². The predicted molar refractivity (Wildman–Crippen MR) is 83.5 cm³/mol. The number of fused-ring (bicyclic) bond motifs is 2. The summed E-state index contributed by atoms with van der Waals surface area (Å²) in [5, 5.41) is 0. The highest BCUT2D eigenvalue weighted by Gasteiger charge is 2.60. The molecule has 20 heavy (non-hydrogen) atoms. The van der Waals surface area contributed by atoms with Crippen LogP contribution in [-0.4, -0.2) is 18.3 Å². The smallest absolute Gasteiger partial charge is 0.399 e. The SMILES string of the molecule is CCC1(CC)OB(C2=CC3CCC2C3)OC1(CC)CC. The van der Waals surface area contributed by atoms with E-state index in [2.05, 4.69) is 33.8 Å². The van der Waals surface area contributed by atoms with Gasteiger partial charge in [-0.2, -0.15) is 0 Å². The molecule has 2 fully saturated rings. The molecule has 0 aromatic rings. The Bertz CT molecular complexity index is 376. The first-order valence-corrected chi connectivity index (χ1v) is 8.70. The highest BCUT2D eigenvalue weighted by molar-refractivity contribution is 6.55. The minimum absolute atomic E-state index is 0.0647. The summed E-state index contributed by atoms with van der Waals surface area (Å²) in [5.74, 6) is 1.54. The van der Waals surface area contributed by atoms with Crippen molar-refractivity contribution in [2.75, 3.05) is 0 Å². The Morgan fingerprint density at radius 2 is 1.55 bits per heavy atom. The molecule has 2 aliphatic carbocycles. The van der Waals surface area contributed by atoms with E-state index < -0.39 is 0 Å². The van der Waals surface area contributed by atoms with Gasteiger partial charge in [0.2, 0.25) is 0 Å². The van der Waals surface area contributed by atoms with E-state index in [-0.39, 0.29) is 18.3 Å². The molecule has 2 atom stereocenters. The summed E-state index contributed by atoms with van der Waals surface area (Å²) in [6.07, 6.45) is 10.7. The summed E-state index contributed by atoms with van der Waals surface area (Å²) in [4.78, 5) is 0. The Kier molecular flexibility index (Phi) is 3.79. The molecule has 2 unspecified atom stereocenters. The van der Waals surface area contributed by atoms with E-state index in [1.165, 1.54) is 24.7 Å². The van der Waals surface area contributed by atoms with Crippen LogP contribution in [0, 0.1) is 11.8 Å². The minimum Gasteiger partial charge on any atom is -0.399 e. The second-order valence-electron chi connectivity index (χ2n) is 6.91. The van der Waals surface area contributed by atoms with Gasteiger partial charge in [-0.25, -0.2) is 0 Å². The third kappa shape index (κ3) is 1.85. The lowest BCUT2D eigenvalue weighted by molar-refractivity contribution is -0.0601. The average molecular weight is 276 g/mol. The van der Waals surface area contributed by atoms with Crippen molar-refractivity contribution in [2.45, 2.75) is 83.8 Å². The molecule has 2 nitrogen and oxygen atoms in total. The number of rotatable bonds is 5. The Balaban J connectivity index is 1.89. The van der Waals surface area contributed by atoms with Gasteiger partial charge in [-0.1, -0.05) is 33.8 Å². The normalized spacial score (nSPS) is 33.8. The molecule has 1 saturated heterocycles. The maximum absolute atomic E-state index is 6.59. The standard InChI is InChI=1S/C17H29BO2/c1-5-16(6-2)17(7-3,8-4)20-18(19-16)15-12-13-9-10-14(15)11-13/h12-14H,5-11H2,1-4H3. The monoisotopic (exact) mass is 276 g/mol. The van der Waals surface area contributed by atoms with Crippen molar-refractivity contribution < 1.29 is 9.31 Å². The number of hydrogen-bond acceptors (Lipinski definition) is 2. The van der Waals surface area contributed by atoms with E-state index in [9.17, 15) is 0 Å². The van der Waals surface area contributed by atoms with Crippen molar-refractivity contribution in [3.05, 3.63) is 11.5 Å². The van der Waals surface area contributed by atoms with Crippen LogP contribution < -0.4 is 0 Å². The van der Waals surface area contributed by atoms with Crippen LogP contribution in [-0.2, 0) is 9.31 Å². The van der Waals surface area contributed by atoms with Crippen LogP contribution in [0.2, 0.25) is 0 Å². The number of hydrogen-bond donors (Lipinski definition) is 0. The minimum atomic E-state index is -0.0934. The van der Waals surface area contributed by atoms with Crippen molar-refractivity contribution in [2.24, 2.45) is 11.8 Å². The maximum Gasteiger partial charge on any atom is 0.490 e. The molecule has 0 N–H and O–H groups in total. The van der Waals surface area contributed by atoms with Crippen LogP contribution in [0.15, 0.2) is 11.5 Å². The quantitative estimate of drug-likeness (QED) is 0.686. The van der Waals surface area contributed by atoms with Gasteiger partial charge in [-0.15, -0.1) is 0 Å². The van der Waals surface area contributed by atoms with Crippen LogP contribution in [0.1, 0.15) is 72.6 Å². The van der Waals surface area contributed by atoms with E-state index >= 15 is 0 Å². The van der Waals surface area contributed by atoms with Crippen LogP contribution in [0.5, 0.6) is 0 Å². The first-order chi connectivity index (χ1) is 9.63. The summed E-state index contributed by atoms with van der Waals surface area (Å²) in [5.41, 5.74) is 1.28. The molecule has 3 heteroatoms. The third-order valence-electron chi connectivity index (χ3n) is 6.42. The summed E-state index contributed by atoms with van der Waals surface area (Å²) >= 11 is 0. The Labute approximate surface area is 124 Å². The highest BCUT2D eigenvalue weighted by Crippen LogP contribution is 2.52. The summed E-state index contributed by atoms with van der Waals surface area (Å²) in [7, 11) is -0.0647. The molecule has 0 spiro atoms. The zero-order valence-corrected chi connectivity index (χ0v) is 13.6. The van der Waals surface area contributed by atoms with Gasteiger partial charge < -0.3 is 9.31 Å². The molecular formula is C17H29BO2. The highest BCUT2D eigenvalue weighted by atomic mass is 16.7. The fourth-order valence-corrected chi connectivity index (χ4v) is 5.06. The molecular weight excluding hydrogens is 247 g/mol. The molecule has 3 rings (SSSR count). The van der Waals surface area contributed by atoms with Crippen LogP contribution in [0.4, 0.5) is 0 Å². The first-order valence-electron chi connectivity index (χ1n) is 8.70. The zero-order valence-electron chi connectivity index (χ0n) is 13.6. The molecule has 0 aromatic carbocycles. The molecule has 1 aliphatic heterocycles. The second-order valence-corrected chi connectivity index (χ2v) is 6.91. The van der Waals surface area contributed by atoms with Crippen LogP contribution in [0.3, 0.4) is 0 Å². The molecule has 0 radical (unpaired) electrons. The van der Waals surface area contributed by atoms with Gasteiger partial charge in [-0.05, 0) is 62.3 Å². The lowest BCUT2D eigenvalue weighted by atomic mass is 9.71. The molecule has 0 amide bonds. The van der Waals surface area contributed by atoms with Crippen molar-refractivity contribution in [3.8, 4) is 0 Å². The fourth-order valence-electron chi connectivity index (χ4n) is 5.06. The van der Waals surface area contributed by atoms with Gasteiger partial charge in [0.25, 0.3) is 0 Å². The fraction of sp³-hybridized carbons (Fsp3) is 0.882. The van der Waals surface area contributed by atoms with Crippen molar-refractivity contribution in [1.29, 1.82) is 0 Å². The zero-order chi connectivity index (χ0) is 14.4. The van der Waals surface area contributed by atoms with Gasteiger partial charge in [0, 0.05) is 0 Å². The maximum atomic E-state index is 6.59. The van der Waals surface area contributed by atoms with E-state index in [0.29, 0.717) is 0 Å². The molecule has 112 valence electrons. The first kappa shape index (κ1) is 14.7. The van der Waals surface area contributed by atoms with E-state index in [1.54, 1.807) is 0 Å². The molecule has 1 heterocycles. The van der Waals surface area contributed by atoms with Gasteiger partial charge in [-0.3, -0.25) is 0 Å². The summed E-state index contributed by atoms with van der Waals surface area (Å²) < 4.78 is 13.2. The van der Waals surface area contributed by atoms with Crippen molar-refractivity contribution >= 4 is 7.12 Å². The Morgan fingerprint density at radius 3 is 1.90 bits per heavy atom. The predicted octanol–water partition coefficient (Wildman–Crippen LogP) is 4.53. The topological polar surface area (TPSA) is 18.5 Å². The van der Waals surface area contributed by atoms with E-state index in [1.807, 2.05) is 0 Å². The largest absolute Gasteiger partial charge is 0.490 e. The summed E-state index contributed by atoms with van der Waals surface area (Å²) in [6.45, 7) is 9.02. The molecule has 0 aromatic heterocycles. The third-order valence-corrected chi connectivity index (χ3v) is 6.42. The van der Waals surface area contributed by atoms with Gasteiger partial charge in [0.05, 0.1) is 11.2 Å². The van der Waals surface area contributed by atoms with Crippen molar-refractivity contribution in [1.82, 2.24) is 0 Å². The molecule has 1 saturated carbocycles. The van der Waals surface area contributed by atoms with Crippen molar-refractivity contribution in [3.63, 3.8) is 0 Å². The second kappa shape index (κ2) is 5.17. The van der Waals surface area contributed by atoms with Gasteiger partial charge in [0.15, 0.2) is 0 Å². The number of allylic oxidation sites excluding steroid dienone is 2.